The summed E-state index contributed by atoms with van der Waals surface area (Å²) in [6.45, 7) is 3.86. The number of phosphoric acid groups is 1. The van der Waals surface area contributed by atoms with Crippen LogP contribution in [-0.4, -0.2) is 38.1 Å². The highest BCUT2D eigenvalue weighted by molar-refractivity contribution is 7.45. The van der Waals surface area contributed by atoms with Crippen molar-refractivity contribution in [1.29, 1.82) is 0 Å². The zero-order valence-electron chi connectivity index (χ0n) is 8.63. The molecule has 0 unspecified atom stereocenters. The fraction of sp³-hybridized carbons (Fsp3) is 1.00. The lowest BCUT2D eigenvalue weighted by atomic mass is 10.9. The van der Waals surface area contributed by atoms with Gasteiger partial charge in [0.2, 0.25) is 0 Å². The molecule has 0 fully saturated rings. The van der Waals surface area contributed by atoms with Gasteiger partial charge in [-0.05, 0) is 13.8 Å². The number of rotatable bonds is 0. The first-order valence-corrected chi connectivity index (χ1v) is 4.39. The van der Waals surface area contributed by atoms with Gasteiger partial charge in [0.1, 0.15) is 0 Å². The van der Waals surface area contributed by atoms with E-state index in [-0.39, 0.29) is 31.7 Å². The zero-order valence-corrected chi connectivity index (χ0v) is 9.52. The summed E-state index contributed by atoms with van der Waals surface area (Å²) in [6, 6.07) is 0. The summed E-state index contributed by atoms with van der Waals surface area (Å²) >= 11 is 0. The first-order valence-electron chi connectivity index (χ1n) is 2.83. The molecule has 9 nitrogen and oxygen atoms in total. The van der Waals surface area contributed by atoms with Crippen LogP contribution in [0.1, 0.15) is 13.8 Å². The Morgan fingerprint density at radius 3 is 0.857 bits per heavy atom. The van der Waals surface area contributed by atoms with Gasteiger partial charge in [0, 0.05) is 13.2 Å². The first kappa shape index (κ1) is 37.1. The molecule has 0 spiro atoms. The van der Waals surface area contributed by atoms with Crippen LogP contribution in [0.2, 0.25) is 0 Å². The molecule has 0 saturated carbocycles. The molecule has 0 amide bonds. The number of aliphatic hydroxyl groups excluding tert-OH is 2. The van der Waals surface area contributed by atoms with Crippen molar-refractivity contribution >= 4 is 7.82 Å². The third kappa shape index (κ3) is 175000. The molecule has 0 aliphatic carbocycles. The van der Waals surface area contributed by atoms with Gasteiger partial charge in [-0.1, -0.05) is 0 Å². The molecule has 14 N–H and O–H groups in total. The SMILES string of the molecule is CCO.CCO.N.N.N.O=P(O)(O)O. The lowest BCUT2D eigenvalue weighted by Crippen LogP contribution is -1.66. The van der Waals surface area contributed by atoms with Crippen LogP contribution in [-0.2, 0) is 4.57 Å². The maximum Gasteiger partial charge on any atom is 0.466 e. The second kappa shape index (κ2) is 29.3. The molecule has 14 heavy (non-hydrogen) atoms. The van der Waals surface area contributed by atoms with Gasteiger partial charge in [-0.3, -0.25) is 0 Å². The van der Waals surface area contributed by atoms with Crippen LogP contribution in [0.4, 0.5) is 0 Å². The number of hydrogen-bond donors (Lipinski definition) is 8. The average Bonchev–Trinajstić information content (AvgIpc) is 1.62. The summed E-state index contributed by atoms with van der Waals surface area (Å²) in [7, 11) is -4.64. The van der Waals surface area contributed by atoms with Crippen molar-refractivity contribution in [2.24, 2.45) is 0 Å². The van der Waals surface area contributed by atoms with E-state index < -0.39 is 7.82 Å². The van der Waals surface area contributed by atoms with E-state index in [1.54, 1.807) is 13.8 Å². The zero-order chi connectivity index (χ0) is 9.91. The Morgan fingerprint density at radius 1 is 0.857 bits per heavy atom. The maximum atomic E-state index is 8.88. The van der Waals surface area contributed by atoms with E-state index in [0.29, 0.717) is 0 Å². The Labute approximate surface area is 83.8 Å². The molecule has 0 rings (SSSR count). The molecule has 0 atom stereocenters. The van der Waals surface area contributed by atoms with Gasteiger partial charge >= 0.3 is 7.82 Å². The van der Waals surface area contributed by atoms with Crippen LogP contribution < -0.4 is 18.5 Å². The van der Waals surface area contributed by atoms with Crippen LogP contribution in [0.5, 0.6) is 0 Å². The summed E-state index contributed by atoms with van der Waals surface area (Å²) < 4.78 is 8.88. The van der Waals surface area contributed by atoms with E-state index in [2.05, 4.69) is 0 Å². The number of aliphatic hydroxyl groups is 2. The fourth-order valence-corrected chi connectivity index (χ4v) is 0. The minimum Gasteiger partial charge on any atom is -0.397 e. The van der Waals surface area contributed by atoms with Crippen molar-refractivity contribution in [3.05, 3.63) is 0 Å². The third-order valence-electron chi connectivity index (χ3n) is 0. The van der Waals surface area contributed by atoms with E-state index in [0.717, 1.165) is 0 Å². The van der Waals surface area contributed by atoms with E-state index in [9.17, 15) is 0 Å². The Balaban J connectivity index is -0.0000000162. The largest absolute Gasteiger partial charge is 0.466 e. The van der Waals surface area contributed by atoms with Crippen LogP contribution >= 0.6 is 7.82 Å². The average molecular weight is 241 g/mol. The Kier molecular flexibility index (Phi) is 77.5. The molecule has 0 aromatic rings. The smallest absolute Gasteiger partial charge is 0.397 e. The summed E-state index contributed by atoms with van der Waals surface area (Å²) in [5.74, 6) is 0. The molecule has 96 valence electrons. The second-order valence-corrected chi connectivity index (χ2v) is 2.17. The van der Waals surface area contributed by atoms with Crippen LogP contribution in [0.15, 0.2) is 0 Å². The monoisotopic (exact) mass is 241 g/mol. The Bertz CT molecular complexity index is 88.8. The van der Waals surface area contributed by atoms with Crippen molar-refractivity contribution in [1.82, 2.24) is 18.5 Å². The Morgan fingerprint density at radius 2 is 0.857 bits per heavy atom. The van der Waals surface area contributed by atoms with Gasteiger partial charge < -0.3 is 43.3 Å². The van der Waals surface area contributed by atoms with Crippen LogP contribution in [0, 0.1) is 0 Å². The molecule has 0 bridgehead atoms. The normalized spacial score (nSPS) is 6.79. The molecular weight excluding hydrogens is 217 g/mol. The van der Waals surface area contributed by atoms with Crippen molar-refractivity contribution < 1.29 is 29.5 Å². The molecular formula is C4H24N3O6P. The van der Waals surface area contributed by atoms with Crippen LogP contribution in [0.3, 0.4) is 0 Å². The molecule has 0 saturated heterocycles. The van der Waals surface area contributed by atoms with Crippen LogP contribution in [0.25, 0.3) is 0 Å². The van der Waals surface area contributed by atoms with Crippen molar-refractivity contribution in [2.75, 3.05) is 13.2 Å². The molecule has 0 heterocycles. The Hall–Kier alpha value is -0.0900. The lowest BCUT2D eigenvalue weighted by Gasteiger charge is -1.82. The number of hydrogen-bond acceptors (Lipinski definition) is 6. The molecule has 0 radical (unpaired) electrons. The van der Waals surface area contributed by atoms with Gasteiger partial charge in [-0.2, -0.15) is 0 Å². The minimum atomic E-state index is -4.64. The van der Waals surface area contributed by atoms with E-state index >= 15 is 0 Å². The highest BCUT2D eigenvalue weighted by Crippen LogP contribution is 2.25. The summed E-state index contributed by atoms with van der Waals surface area (Å²) in [5, 5.41) is 15.1. The van der Waals surface area contributed by atoms with Crippen molar-refractivity contribution in [3.63, 3.8) is 0 Å². The van der Waals surface area contributed by atoms with Crippen molar-refractivity contribution in [3.8, 4) is 0 Å². The highest BCUT2D eigenvalue weighted by atomic mass is 31.2. The summed E-state index contributed by atoms with van der Waals surface area (Å²) in [4.78, 5) is 21.6. The van der Waals surface area contributed by atoms with E-state index in [1.807, 2.05) is 0 Å². The topological polar surface area (TPSA) is 223 Å². The third-order valence-corrected chi connectivity index (χ3v) is 0. The fourth-order valence-electron chi connectivity index (χ4n) is 0. The highest BCUT2D eigenvalue weighted by Gasteiger charge is 2.00. The lowest BCUT2D eigenvalue weighted by molar-refractivity contribution is 0.275. The maximum absolute atomic E-state index is 8.88. The van der Waals surface area contributed by atoms with Gasteiger partial charge in [-0.15, -0.1) is 0 Å². The second-order valence-electron chi connectivity index (χ2n) is 1.15. The molecule has 0 aromatic heterocycles. The van der Waals surface area contributed by atoms with E-state index in [1.165, 1.54) is 0 Å². The quantitative estimate of drug-likeness (QED) is 0.256. The van der Waals surface area contributed by atoms with Gasteiger partial charge in [0.05, 0.1) is 0 Å². The van der Waals surface area contributed by atoms with E-state index in [4.69, 9.17) is 29.5 Å². The molecule has 0 aromatic carbocycles. The van der Waals surface area contributed by atoms with Crippen molar-refractivity contribution in [2.45, 2.75) is 13.8 Å². The molecule has 0 aliphatic rings. The summed E-state index contributed by atoms with van der Waals surface area (Å²) in [5.41, 5.74) is 0. The molecule has 10 heteroatoms. The van der Waals surface area contributed by atoms with Gasteiger partial charge in [0.15, 0.2) is 0 Å². The van der Waals surface area contributed by atoms with Gasteiger partial charge in [0.25, 0.3) is 0 Å². The first-order chi connectivity index (χ1) is 4.83. The predicted octanol–water partition coefficient (Wildman–Crippen LogP) is -0.445. The molecule has 0 aliphatic heterocycles. The predicted molar refractivity (Wildman–Crippen MR) is 54.8 cm³/mol. The van der Waals surface area contributed by atoms with Gasteiger partial charge in [-0.25, -0.2) is 4.57 Å². The standard InChI is InChI=1S/2C2H6O.3H3N.H3O4P/c2*1-2-3;;;;1-5(2,3)4/h2*3H,2H2,1H3;3*1H3;(H3,1,2,3,4). The summed E-state index contributed by atoms with van der Waals surface area (Å²) in [6.07, 6.45) is 0. The minimum absolute atomic E-state index is 0.